The van der Waals surface area contributed by atoms with Crippen molar-refractivity contribution in [1.82, 2.24) is 15.0 Å². The number of pyridine rings is 1. The number of hydrogen-bond donors (Lipinski definition) is 1. The van der Waals surface area contributed by atoms with E-state index in [2.05, 4.69) is 28.8 Å². The smallest absolute Gasteiger partial charge is 0.340 e. The largest absolute Gasteiger partial charge is 0.462 e. The molecule has 1 aromatic carbocycles. The maximum atomic E-state index is 13.0. The topological polar surface area (TPSA) is 84.9 Å². The SMILES string of the molecule is CCOC(=O)c1c(C)nc2nc(SCC(C)C)[nH]c(=O)c2c1-c1ccc(Cl)cc1. The molecule has 2 aromatic heterocycles. The van der Waals surface area contributed by atoms with Crippen LogP contribution >= 0.6 is 23.4 Å². The van der Waals surface area contributed by atoms with E-state index >= 15 is 0 Å². The Bertz CT molecular complexity index is 1110. The first kappa shape index (κ1) is 21.3. The molecule has 1 N–H and O–H groups in total. The minimum absolute atomic E-state index is 0.218. The lowest BCUT2D eigenvalue weighted by Crippen LogP contribution is -2.17. The third kappa shape index (κ3) is 4.62. The van der Waals surface area contributed by atoms with Crippen molar-refractivity contribution in [1.29, 1.82) is 0 Å². The van der Waals surface area contributed by atoms with Gasteiger partial charge in [-0.15, -0.1) is 0 Å². The summed E-state index contributed by atoms with van der Waals surface area (Å²) in [4.78, 5) is 37.5. The zero-order valence-corrected chi connectivity index (χ0v) is 18.3. The number of aromatic nitrogens is 3. The van der Waals surface area contributed by atoms with Gasteiger partial charge in [0.05, 0.1) is 23.3 Å². The molecule has 8 heteroatoms. The van der Waals surface area contributed by atoms with Crippen LogP contribution in [0.5, 0.6) is 0 Å². The Morgan fingerprint density at radius 3 is 2.55 bits per heavy atom. The van der Waals surface area contributed by atoms with Crippen LogP contribution in [0.15, 0.2) is 34.2 Å². The number of ether oxygens (including phenoxy) is 1. The Balaban J connectivity index is 2.32. The number of halogens is 1. The van der Waals surface area contributed by atoms with Gasteiger partial charge in [0, 0.05) is 16.3 Å². The zero-order chi connectivity index (χ0) is 21.1. The normalized spacial score (nSPS) is 11.2. The lowest BCUT2D eigenvalue weighted by Gasteiger charge is -2.14. The standard InChI is InChI=1S/C21H22ClN3O3S/c1-5-28-20(27)15-12(4)23-18-17(16(15)13-6-8-14(22)9-7-13)19(26)25-21(24-18)29-10-11(2)3/h6-9,11H,5,10H2,1-4H3,(H,23,24,25,26). The second kappa shape index (κ2) is 8.97. The van der Waals surface area contributed by atoms with Gasteiger partial charge in [-0.25, -0.2) is 14.8 Å². The number of rotatable bonds is 6. The van der Waals surface area contributed by atoms with Gasteiger partial charge in [-0.05, 0) is 37.5 Å². The quantitative estimate of drug-likeness (QED) is 0.340. The molecule has 0 spiro atoms. The lowest BCUT2D eigenvalue weighted by molar-refractivity contribution is 0.0526. The summed E-state index contributed by atoms with van der Waals surface area (Å²) in [5.74, 6) is 0.742. The van der Waals surface area contributed by atoms with Crippen LogP contribution in [0.1, 0.15) is 36.8 Å². The molecule has 0 aliphatic rings. The highest BCUT2D eigenvalue weighted by molar-refractivity contribution is 7.99. The maximum absolute atomic E-state index is 13.0. The van der Waals surface area contributed by atoms with Crippen LogP contribution in [0.4, 0.5) is 0 Å². The summed E-state index contributed by atoms with van der Waals surface area (Å²) in [7, 11) is 0. The van der Waals surface area contributed by atoms with Gasteiger partial charge in [0.1, 0.15) is 0 Å². The number of benzene rings is 1. The number of nitrogens with one attached hydrogen (secondary N) is 1. The second-order valence-electron chi connectivity index (χ2n) is 6.95. The van der Waals surface area contributed by atoms with Gasteiger partial charge in [0.15, 0.2) is 10.8 Å². The minimum Gasteiger partial charge on any atom is -0.462 e. The van der Waals surface area contributed by atoms with E-state index in [0.717, 1.165) is 5.75 Å². The Hall–Kier alpha value is -2.38. The monoisotopic (exact) mass is 431 g/mol. The van der Waals surface area contributed by atoms with Crippen LogP contribution in [0.2, 0.25) is 5.02 Å². The third-order valence-electron chi connectivity index (χ3n) is 4.18. The number of H-pyrrole nitrogens is 1. The fourth-order valence-electron chi connectivity index (χ4n) is 2.94. The lowest BCUT2D eigenvalue weighted by atomic mass is 9.96. The fourth-order valence-corrected chi connectivity index (χ4v) is 3.87. The number of carbonyl (C=O) groups is 1. The van der Waals surface area contributed by atoms with E-state index < -0.39 is 5.97 Å². The number of esters is 1. The summed E-state index contributed by atoms with van der Waals surface area (Å²) in [6.45, 7) is 7.86. The molecule has 0 saturated carbocycles. The Kier molecular flexibility index (Phi) is 6.59. The third-order valence-corrected chi connectivity index (χ3v) is 5.73. The molecule has 0 saturated heterocycles. The van der Waals surface area contributed by atoms with Crippen molar-refractivity contribution in [2.24, 2.45) is 5.92 Å². The fraction of sp³-hybridized carbons (Fsp3) is 0.333. The molecule has 152 valence electrons. The molecule has 0 atom stereocenters. The van der Waals surface area contributed by atoms with Crippen LogP contribution in [0, 0.1) is 12.8 Å². The van der Waals surface area contributed by atoms with E-state index in [4.69, 9.17) is 16.3 Å². The van der Waals surface area contributed by atoms with Crippen molar-refractivity contribution in [3.63, 3.8) is 0 Å². The summed E-state index contributed by atoms with van der Waals surface area (Å²) < 4.78 is 5.23. The van der Waals surface area contributed by atoms with Crippen molar-refractivity contribution in [2.75, 3.05) is 12.4 Å². The summed E-state index contributed by atoms with van der Waals surface area (Å²) in [6.07, 6.45) is 0. The number of carbonyl (C=O) groups excluding carboxylic acids is 1. The van der Waals surface area contributed by atoms with Gasteiger partial charge in [0.25, 0.3) is 5.56 Å². The van der Waals surface area contributed by atoms with Crippen LogP contribution in [-0.4, -0.2) is 33.3 Å². The second-order valence-corrected chi connectivity index (χ2v) is 8.39. The Labute approximate surface area is 178 Å². The molecule has 0 unspecified atom stereocenters. The Morgan fingerprint density at radius 2 is 1.93 bits per heavy atom. The molecule has 2 heterocycles. The average molecular weight is 432 g/mol. The van der Waals surface area contributed by atoms with Gasteiger partial charge in [-0.2, -0.15) is 0 Å². The predicted octanol–water partition coefficient (Wildman–Crippen LogP) is 4.87. The van der Waals surface area contributed by atoms with Crippen LogP contribution in [-0.2, 0) is 4.74 Å². The van der Waals surface area contributed by atoms with Gasteiger partial charge < -0.3 is 9.72 Å². The Morgan fingerprint density at radius 1 is 1.24 bits per heavy atom. The van der Waals surface area contributed by atoms with Crippen molar-refractivity contribution in [2.45, 2.75) is 32.9 Å². The van der Waals surface area contributed by atoms with Gasteiger partial charge >= 0.3 is 5.97 Å². The van der Waals surface area contributed by atoms with Crippen LogP contribution in [0.25, 0.3) is 22.2 Å². The first-order valence-electron chi connectivity index (χ1n) is 9.32. The number of aryl methyl sites for hydroxylation is 1. The van der Waals surface area contributed by atoms with E-state index in [1.165, 1.54) is 11.8 Å². The maximum Gasteiger partial charge on any atom is 0.340 e. The van der Waals surface area contributed by atoms with E-state index in [1.807, 2.05) is 0 Å². The molecule has 0 radical (unpaired) electrons. The van der Waals surface area contributed by atoms with E-state index in [9.17, 15) is 9.59 Å². The summed E-state index contributed by atoms with van der Waals surface area (Å²) in [6, 6.07) is 6.95. The van der Waals surface area contributed by atoms with E-state index in [1.54, 1.807) is 38.1 Å². The number of hydrogen-bond acceptors (Lipinski definition) is 6. The number of fused-ring (bicyclic) bond motifs is 1. The van der Waals surface area contributed by atoms with Crippen molar-refractivity contribution in [3.05, 3.63) is 50.9 Å². The summed E-state index contributed by atoms with van der Waals surface area (Å²) in [5, 5.41) is 1.32. The summed E-state index contributed by atoms with van der Waals surface area (Å²) in [5.41, 5.74) is 1.80. The molecular formula is C21H22ClN3O3S. The molecule has 0 amide bonds. The first-order valence-corrected chi connectivity index (χ1v) is 10.7. The molecule has 0 fully saturated rings. The van der Waals surface area contributed by atoms with Crippen LogP contribution < -0.4 is 5.56 Å². The molecule has 0 aliphatic heterocycles. The van der Waals surface area contributed by atoms with Crippen molar-refractivity contribution >= 4 is 40.4 Å². The molecule has 6 nitrogen and oxygen atoms in total. The molecule has 3 rings (SSSR count). The highest BCUT2D eigenvalue weighted by Gasteiger charge is 2.24. The van der Waals surface area contributed by atoms with Gasteiger partial charge in [-0.1, -0.05) is 49.3 Å². The highest BCUT2D eigenvalue weighted by atomic mass is 35.5. The van der Waals surface area contributed by atoms with E-state index in [-0.39, 0.29) is 23.1 Å². The zero-order valence-electron chi connectivity index (χ0n) is 16.7. The average Bonchev–Trinajstić information content (AvgIpc) is 2.66. The minimum atomic E-state index is -0.526. The molecule has 0 bridgehead atoms. The van der Waals surface area contributed by atoms with Crippen LogP contribution in [0.3, 0.4) is 0 Å². The molecular weight excluding hydrogens is 410 g/mol. The molecule has 29 heavy (non-hydrogen) atoms. The number of aromatic amines is 1. The van der Waals surface area contributed by atoms with Gasteiger partial charge in [0.2, 0.25) is 0 Å². The predicted molar refractivity (Wildman–Crippen MR) is 117 cm³/mol. The summed E-state index contributed by atoms with van der Waals surface area (Å²) >= 11 is 7.50. The molecule has 0 aliphatic carbocycles. The van der Waals surface area contributed by atoms with Gasteiger partial charge in [-0.3, -0.25) is 4.79 Å². The van der Waals surface area contributed by atoms with Crippen molar-refractivity contribution < 1.29 is 9.53 Å². The number of thioether (sulfide) groups is 1. The number of nitrogens with zero attached hydrogens (tertiary/aromatic N) is 2. The highest BCUT2D eigenvalue weighted by Crippen LogP contribution is 2.32. The first-order chi connectivity index (χ1) is 13.8. The molecule has 3 aromatic rings. The van der Waals surface area contributed by atoms with Crippen molar-refractivity contribution in [3.8, 4) is 11.1 Å². The van der Waals surface area contributed by atoms with E-state index in [0.29, 0.717) is 38.6 Å².